The molecule has 10 heteroatoms. The summed E-state index contributed by atoms with van der Waals surface area (Å²) in [6.45, 7) is 3.14. The molecule has 1 N–H and O–H groups in total. The van der Waals surface area contributed by atoms with Crippen molar-refractivity contribution in [2.24, 2.45) is 7.05 Å². The molecule has 1 fully saturated rings. The molecular formula is C25H26N6O3S. The molecule has 180 valence electrons. The minimum Gasteiger partial charge on any atom is -0.339 e. The Morgan fingerprint density at radius 2 is 1.86 bits per heavy atom. The maximum absolute atomic E-state index is 13.5. The number of benzene rings is 1. The topological polar surface area (TPSA) is 102 Å². The van der Waals surface area contributed by atoms with E-state index in [1.165, 1.54) is 33.1 Å². The van der Waals surface area contributed by atoms with Gasteiger partial charge >= 0.3 is 0 Å². The van der Waals surface area contributed by atoms with E-state index in [1.807, 2.05) is 42.2 Å². The first-order valence-electron chi connectivity index (χ1n) is 11.6. The number of rotatable bonds is 5. The van der Waals surface area contributed by atoms with Crippen LogP contribution in [0.3, 0.4) is 0 Å². The van der Waals surface area contributed by atoms with Crippen LogP contribution in [0.2, 0.25) is 0 Å². The van der Waals surface area contributed by atoms with E-state index in [0.717, 1.165) is 35.3 Å². The zero-order chi connectivity index (χ0) is 24.5. The fraction of sp³-hybridized carbons (Fsp3) is 0.320. The van der Waals surface area contributed by atoms with Crippen LogP contribution >= 0.6 is 11.3 Å². The van der Waals surface area contributed by atoms with E-state index in [2.05, 4.69) is 15.4 Å². The average molecular weight is 491 g/mol. The molecule has 0 saturated carbocycles. The monoisotopic (exact) mass is 490 g/mol. The number of nitrogens with zero attached hydrogens (tertiary/aromatic N) is 5. The van der Waals surface area contributed by atoms with Crippen LogP contribution in [-0.4, -0.2) is 49.1 Å². The van der Waals surface area contributed by atoms with Crippen LogP contribution in [0.25, 0.3) is 21.5 Å². The molecular weight excluding hydrogens is 464 g/mol. The Balaban J connectivity index is 1.47. The molecule has 0 bridgehead atoms. The van der Waals surface area contributed by atoms with Gasteiger partial charge in [0.15, 0.2) is 5.65 Å². The van der Waals surface area contributed by atoms with Crippen molar-refractivity contribution in [1.82, 2.24) is 24.2 Å². The summed E-state index contributed by atoms with van der Waals surface area (Å²) in [6, 6.07) is 9.83. The summed E-state index contributed by atoms with van der Waals surface area (Å²) in [7, 11) is 1.70. The molecule has 0 spiro atoms. The molecule has 3 aromatic heterocycles. The van der Waals surface area contributed by atoms with Crippen molar-refractivity contribution in [3.63, 3.8) is 0 Å². The number of likely N-dealkylation sites (tertiary alicyclic amines) is 1. The number of nitrogens with one attached hydrogen (secondary N) is 1. The second-order valence-electron chi connectivity index (χ2n) is 8.71. The Hall–Kier alpha value is -3.79. The zero-order valence-corrected chi connectivity index (χ0v) is 20.5. The first-order valence-corrected chi connectivity index (χ1v) is 12.4. The quantitative estimate of drug-likeness (QED) is 0.462. The van der Waals surface area contributed by atoms with Crippen molar-refractivity contribution in [3.05, 3.63) is 64.3 Å². The molecule has 1 aromatic carbocycles. The highest BCUT2D eigenvalue weighted by Gasteiger charge is 2.28. The van der Waals surface area contributed by atoms with Crippen molar-refractivity contribution in [2.75, 3.05) is 18.4 Å². The summed E-state index contributed by atoms with van der Waals surface area (Å²) < 4.78 is 2.77. The fourth-order valence-corrected chi connectivity index (χ4v) is 5.70. The lowest BCUT2D eigenvalue weighted by atomic mass is 10.0. The number of fused-ring (bicyclic) bond motifs is 1. The number of thiophene rings is 1. The number of aryl methyl sites for hydroxylation is 1. The largest absolute Gasteiger partial charge is 0.339 e. The molecule has 0 radical (unpaired) electrons. The van der Waals surface area contributed by atoms with E-state index in [4.69, 9.17) is 0 Å². The molecule has 35 heavy (non-hydrogen) atoms. The van der Waals surface area contributed by atoms with Crippen LogP contribution in [-0.2, 0) is 18.4 Å². The van der Waals surface area contributed by atoms with Gasteiger partial charge in [0.2, 0.25) is 5.91 Å². The molecule has 2 amide bonds. The zero-order valence-electron chi connectivity index (χ0n) is 19.7. The smallest absolute Gasteiger partial charge is 0.264 e. The molecule has 9 nitrogen and oxygen atoms in total. The molecule has 5 rings (SSSR count). The predicted molar refractivity (Wildman–Crippen MR) is 136 cm³/mol. The Bertz CT molecular complexity index is 1460. The molecule has 0 atom stereocenters. The van der Waals surface area contributed by atoms with Crippen molar-refractivity contribution < 1.29 is 9.59 Å². The van der Waals surface area contributed by atoms with E-state index in [-0.39, 0.29) is 18.0 Å². The summed E-state index contributed by atoms with van der Waals surface area (Å²) in [6.07, 6.45) is 5.88. The van der Waals surface area contributed by atoms with E-state index in [1.54, 1.807) is 7.05 Å². The highest BCUT2D eigenvalue weighted by atomic mass is 32.1. The van der Waals surface area contributed by atoms with E-state index >= 15 is 0 Å². The van der Waals surface area contributed by atoms with Gasteiger partial charge in [-0.1, -0.05) is 30.3 Å². The number of hydrogen-bond acceptors (Lipinski definition) is 6. The van der Waals surface area contributed by atoms with Crippen LogP contribution in [0.1, 0.15) is 35.2 Å². The van der Waals surface area contributed by atoms with Gasteiger partial charge in [0, 0.05) is 25.0 Å². The van der Waals surface area contributed by atoms with Gasteiger partial charge in [-0.25, -0.2) is 4.98 Å². The third-order valence-electron chi connectivity index (χ3n) is 6.32. The van der Waals surface area contributed by atoms with Crippen LogP contribution in [0.15, 0.2) is 47.7 Å². The SMILES string of the molecule is Cc1c(-c2ccccc2)sc(NC(=O)Cn2cnc3c(cnn3C)c2=O)c1C(=O)N1CCCCC1. The third kappa shape index (κ3) is 4.37. The van der Waals surface area contributed by atoms with Gasteiger partial charge in [-0.15, -0.1) is 11.3 Å². The summed E-state index contributed by atoms with van der Waals surface area (Å²) in [5.74, 6) is -0.461. The van der Waals surface area contributed by atoms with Crippen molar-refractivity contribution in [2.45, 2.75) is 32.7 Å². The fourth-order valence-electron chi connectivity index (χ4n) is 4.48. The number of carbonyl (C=O) groups excluding carboxylic acids is 2. The van der Waals surface area contributed by atoms with Crippen molar-refractivity contribution in [3.8, 4) is 10.4 Å². The first-order chi connectivity index (χ1) is 16.9. The summed E-state index contributed by atoms with van der Waals surface area (Å²) in [4.78, 5) is 46.4. The van der Waals surface area contributed by atoms with Crippen molar-refractivity contribution >= 4 is 39.2 Å². The normalized spacial score (nSPS) is 13.8. The molecule has 4 heterocycles. The second-order valence-corrected chi connectivity index (χ2v) is 9.73. The second kappa shape index (κ2) is 9.46. The number of amides is 2. The number of carbonyl (C=O) groups is 2. The Kier molecular flexibility index (Phi) is 6.21. The molecule has 1 aliphatic rings. The van der Waals surface area contributed by atoms with E-state index in [9.17, 15) is 14.4 Å². The number of hydrogen-bond donors (Lipinski definition) is 1. The van der Waals surface area contributed by atoms with E-state index < -0.39 is 5.91 Å². The van der Waals surface area contributed by atoms with Gasteiger partial charge < -0.3 is 10.2 Å². The maximum atomic E-state index is 13.5. The molecule has 4 aromatic rings. The van der Waals surface area contributed by atoms with Gasteiger partial charge in [-0.2, -0.15) is 5.10 Å². The van der Waals surface area contributed by atoms with Gasteiger partial charge in [-0.3, -0.25) is 23.6 Å². The Labute approximate surface area is 206 Å². The van der Waals surface area contributed by atoms with Gasteiger partial charge in [0.05, 0.1) is 11.8 Å². The standard InChI is InChI=1S/C25H26N6O3S/c1-16-20(25(34)30-11-7-4-8-12-30)23(35-21(16)17-9-5-3-6-10-17)28-19(32)14-31-15-26-22-18(24(31)33)13-27-29(22)2/h3,5-6,9-10,13,15H,4,7-8,11-12,14H2,1-2H3,(H,28,32). The maximum Gasteiger partial charge on any atom is 0.264 e. The minimum absolute atomic E-state index is 0.0634. The van der Waals surface area contributed by atoms with Gasteiger partial charge in [0.25, 0.3) is 11.5 Å². The lowest BCUT2D eigenvalue weighted by Gasteiger charge is -2.27. The average Bonchev–Trinajstić information content (AvgIpc) is 3.41. The molecule has 0 unspecified atom stereocenters. The van der Waals surface area contributed by atoms with Crippen LogP contribution in [0.4, 0.5) is 5.00 Å². The number of piperidine rings is 1. The van der Waals surface area contributed by atoms with Crippen LogP contribution in [0, 0.1) is 6.92 Å². The van der Waals surface area contributed by atoms with E-state index in [0.29, 0.717) is 34.7 Å². The first kappa shape index (κ1) is 23.0. The van der Waals surface area contributed by atoms with Crippen LogP contribution in [0.5, 0.6) is 0 Å². The van der Waals surface area contributed by atoms with Gasteiger partial charge in [-0.05, 0) is 37.3 Å². The third-order valence-corrected chi connectivity index (χ3v) is 7.58. The molecule has 0 aliphatic carbocycles. The Morgan fingerprint density at radius 1 is 1.11 bits per heavy atom. The molecule has 1 aliphatic heterocycles. The molecule has 1 saturated heterocycles. The number of anilines is 1. The highest BCUT2D eigenvalue weighted by Crippen LogP contribution is 2.40. The number of aromatic nitrogens is 4. The lowest BCUT2D eigenvalue weighted by molar-refractivity contribution is -0.116. The Morgan fingerprint density at radius 3 is 2.60 bits per heavy atom. The minimum atomic E-state index is -0.398. The van der Waals surface area contributed by atoms with Crippen LogP contribution < -0.4 is 10.9 Å². The summed E-state index contributed by atoms with van der Waals surface area (Å²) in [5.41, 5.74) is 2.49. The van der Waals surface area contributed by atoms with Gasteiger partial charge in [0.1, 0.15) is 23.3 Å². The highest BCUT2D eigenvalue weighted by molar-refractivity contribution is 7.20. The summed E-state index contributed by atoms with van der Waals surface area (Å²) in [5, 5.41) is 7.83. The predicted octanol–water partition coefficient (Wildman–Crippen LogP) is 3.43. The lowest BCUT2D eigenvalue weighted by Crippen LogP contribution is -2.36. The summed E-state index contributed by atoms with van der Waals surface area (Å²) >= 11 is 1.38. The van der Waals surface area contributed by atoms with Crippen molar-refractivity contribution in [1.29, 1.82) is 0 Å².